The molecule has 0 aliphatic rings. The zero-order valence-electron chi connectivity index (χ0n) is 28.5. The smallest absolute Gasteiger partial charge is 0.0991 e. The van der Waals surface area contributed by atoms with Gasteiger partial charge in [-0.2, -0.15) is 5.26 Å². The van der Waals surface area contributed by atoms with E-state index in [1.165, 1.54) is 5.56 Å². The Balaban J connectivity index is 1.25. The second kappa shape index (κ2) is 11.3. The lowest BCUT2D eigenvalue weighted by molar-refractivity contribution is 1.18. The molecule has 0 saturated carbocycles. The molecular formula is C49H28N4. The first-order valence-corrected chi connectivity index (χ1v) is 17.8. The Morgan fingerprint density at radius 3 is 1.74 bits per heavy atom. The van der Waals surface area contributed by atoms with E-state index in [1.54, 1.807) is 0 Å². The van der Waals surface area contributed by atoms with Gasteiger partial charge < -0.3 is 4.57 Å². The van der Waals surface area contributed by atoms with Gasteiger partial charge in [-0.1, -0.05) is 109 Å². The average Bonchev–Trinajstić information content (AvgIpc) is 3.55. The Morgan fingerprint density at radius 1 is 0.434 bits per heavy atom. The van der Waals surface area contributed by atoms with Crippen LogP contribution in [0.3, 0.4) is 0 Å². The third kappa shape index (κ3) is 4.35. The summed E-state index contributed by atoms with van der Waals surface area (Å²) >= 11 is 0. The molecule has 0 bridgehead atoms. The molecule has 11 rings (SSSR count). The van der Waals surface area contributed by atoms with Crippen molar-refractivity contribution in [1.29, 1.82) is 5.26 Å². The molecular weight excluding hydrogens is 645 g/mol. The van der Waals surface area contributed by atoms with Crippen LogP contribution in [0.15, 0.2) is 170 Å². The molecule has 8 aromatic carbocycles. The van der Waals surface area contributed by atoms with E-state index in [0.29, 0.717) is 5.56 Å². The van der Waals surface area contributed by atoms with E-state index in [4.69, 9.17) is 9.97 Å². The van der Waals surface area contributed by atoms with E-state index >= 15 is 0 Å². The number of nitrogens with zero attached hydrogens (tertiary/aromatic N) is 4. The zero-order valence-corrected chi connectivity index (χ0v) is 28.5. The van der Waals surface area contributed by atoms with Crippen molar-refractivity contribution in [3.05, 3.63) is 175 Å². The monoisotopic (exact) mass is 672 g/mol. The molecule has 0 radical (unpaired) electrons. The zero-order chi connectivity index (χ0) is 35.0. The molecule has 3 heterocycles. The maximum atomic E-state index is 9.89. The first-order chi connectivity index (χ1) is 26.2. The van der Waals surface area contributed by atoms with E-state index in [1.807, 2.05) is 24.3 Å². The summed E-state index contributed by atoms with van der Waals surface area (Å²) in [6.07, 6.45) is 0. The molecule has 4 nitrogen and oxygen atoms in total. The number of pyridine rings is 2. The number of fused-ring (bicyclic) bond motifs is 9. The molecule has 0 atom stereocenters. The van der Waals surface area contributed by atoms with Crippen LogP contribution in [0.1, 0.15) is 5.56 Å². The van der Waals surface area contributed by atoms with Crippen LogP contribution in [0.5, 0.6) is 0 Å². The fourth-order valence-corrected chi connectivity index (χ4v) is 8.44. The van der Waals surface area contributed by atoms with Gasteiger partial charge in [0.05, 0.1) is 44.9 Å². The molecule has 0 spiro atoms. The van der Waals surface area contributed by atoms with Gasteiger partial charge in [0.1, 0.15) is 0 Å². The number of benzene rings is 8. The summed E-state index contributed by atoms with van der Waals surface area (Å²) in [5.74, 6) is 0. The third-order valence-electron chi connectivity index (χ3n) is 10.7. The summed E-state index contributed by atoms with van der Waals surface area (Å²) in [5, 5.41) is 19.8. The van der Waals surface area contributed by atoms with Gasteiger partial charge in [-0.15, -0.1) is 0 Å². The van der Waals surface area contributed by atoms with Crippen molar-refractivity contribution in [1.82, 2.24) is 14.5 Å². The van der Waals surface area contributed by atoms with Gasteiger partial charge >= 0.3 is 0 Å². The first-order valence-electron chi connectivity index (χ1n) is 17.8. The van der Waals surface area contributed by atoms with Crippen LogP contribution in [0.25, 0.3) is 104 Å². The van der Waals surface area contributed by atoms with Gasteiger partial charge in [-0.25, -0.2) is 9.97 Å². The number of para-hydroxylation sites is 3. The summed E-state index contributed by atoms with van der Waals surface area (Å²) in [7, 11) is 0. The lowest BCUT2D eigenvalue weighted by Crippen LogP contribution is -1.96. The molecule has 0 unspecified atom stereocenters. The van der Waals surface area contributed by atoms with Crippen molar-refractivity contribution in [3.63, 3.8) is 0 Å². The fraction of sp³-hybridized carbons (Fsp3) is 0. The topological polar surface area (TPSA) is 54.5 Å². The minimum atomic E-state index is 0.646. The Labute approximate surface area is 304 Å². The molecule has 244 valence electrons. The summed E-state index contributed by atoms with van der Waals surface area (Å²) in [6, 6.07) is 62.0. The van der Waals surface area contributed by atoms with Crippen LogP contribution in [0, 0.1) is 11.3 Å². The Hall–Kier alpha value is -7.35. The molecule has 0 fully saturated rings. The van der Waals surface area contributed by atoms with E-state index in [-0.39, 0.29) is 0 Å². The second-order valence-electron chi connectivity index (χ2n) is 13.6. The summed E-state index contributed by atoms with van der Waals surface area (Å²) in [4.78, 5) is 10.7. The molecule has 4 heteroatoms. The van der Waals surface area contributed by atoms with Crippen LogP contribution in [0.4, 0.5) is 0 Å². The van der Waals surface area contributed by atoms with Crippen LogP contribution >= 0.6 is 0 Å². The van der Waals surface area contributed by atoms with Gasteiger partial charge in [0, 0.05) is 38.2 Å². The minimum absolute atomic E-state index is 0.646. The largest absolute Gasteiger partial charge is 0.309 e. The van der Waals surface area contributed by atoms with Gasteiger partial charge in [-0.05, 0) is 93.3 Å². The van der Waals surface area contributed by atoms with Crippen molar-refractivity contribution in [2.75, 3.05) is 0 Å². The molecule has 3 aromatic heterocycles. The first kappa shape index (κ1) is 29.4. The van der Waals surface area contributed by atoms with E-state index in [0.717, 1.165) is 98.6 Å². The quantitative estimate of drug-likeness (QED) is 0.139. The second-order valence-corrected chi connectivity index (χ2v) is 13.6. The molecule has 53 heavy (non-hydrogen) atoms. The highest BCUT2D eigenvalue weighted by Crippen LogP contribution is 2.46. The van der Waals surface area contributed by atoms with Crippen molar-refractivity contribution < 1.29 is 0 Å². The number of hydrogen-bond acceptors (Lipinski definition) is 3. The number of rotatable bonds is 3. The van der Waals surface area contributed by atoms with Crippen LogP contribution in [-0.2, 0) is 0 Å². The number of nitriles is 1. The van der Waals surface area contributed by atoms with E-state index < -0.39 is 0 Å². The van der Waals surface area contributed by atoms with Gasteiger partial charge in [0.15, 0.2) is 0 Å². The maximum Gasteiger partial charge on any atom is 0.0991 e. The Kier molecular flexibility index (Phi) is 6.28. The standard InChI is InChI=1S/C49H28N4/c50-29-30-22-24-44-39(26-30)40-28-32(23-25-45(40)53(44)33-13-2-1-3-14-33)46-34-15-5-7-17-36(34)47(37-18-8-6-16-35(37)46)49-41-27-31-12-4-10-20-42(31)51-48(41)38-19-9-11-21-43(38)52-49/h1-28H. The minimum Gasteiger partial charge on any atom is -0.309 e. The summed E-state index contributed by atoms with van der Waals surface area (Å²) in [6.45, 7) is 0. The lowest BCUT2D eigenvalue weighted by Gasteiger charge is -2.19. The summed E-state index contributed by atoms with van der Waals surface area (Å²) < 4.78 is 2.29. The molecule has 11 aromatic rings. The highest BCUT2D eigenvalue weighted by Gasteiger charge is 2.22. The van der Waals surface area contributed by atoms with E-state index in [2.05, 4.69) is 156 Å². The molecule has 0 N–H and O–H groups in total. The maximum absolute atomic E-state index is 9.89. The van der Waals surface area contributed by atoms with Crippen LogP contribution in [-0.4, -0.2) is 14.5 Å². The molecule has 0 saturated heterocycles. The van der Waals surface area contributed by atoms with Crippen LogP contribution in [0.2, 0.25) is 0 Å². The van der Waals surface area contributed by atoms with Crippen molar-refractivity contribution >= 4 is 76.1 Å². The predicted octanol–water partition coefficient (Wildman–Crippen LogP) is 12.5. The highest BCUT2D eigenvalue weighted by molar-refractivity contribution is 6.25. The van der Waals surface area contributed by atoms with Gasteiger partial charge in [0.2, 0.25) is 0 Å². The van der Waals surface area contributed by atoms with Crippen LogP contribution < -0.4 is 0 Å². The molecule has 0 aliphatic carbocycles. The van der Waals surface area contributed by atoms with Crippen molar-refractivity contribution in [2.45, 2.75) is 0 Å². The normalized spacial score (nSPS) is 11.8. The Morgan fingerprint density at radius 2 is 1.02 bits per heavy atom. The van der Waals surface area contributed by atoms with E-state index in [9.17, 15) is 5.26 Å². The van der Waals surface area contributed by atoms with Crippen molar-refractivity contribution in [2.24, 2.45) is 0 Å². The SMILES string of the molecule is N#Cc1ccc2c(c1)c1cc(-c3c4ccccc4c(-c4nc5ccccc5c5nc6ccccc6cc45)c4ccccc34)ccc1n2-c1ccccc1. The predicted molar refractivity (Wildman–Crippen MR) is 219 cm³/mol. The molecule has 0 aliphatic heterocycles. The third-order valence-corrected chi connectivity index (χ3v) is 10.7. The Bertz CT molecular complexity index is 3290. The van der Waals surface area contributed by atoms with Gasteiger partial charge in [0.25, 0.3) is 0 Å². The lowest BCUT2D eigenvalue weighted by atomic mass is 9.86. The van der Waals surface area contributed by atoms with Crippen molar-refractivity contribution in [3.8, 4) is 34.1 Å². The molecule has 0 amide bonds. The fourth-order valence-electron chi connectivity index (χ4n) is 8.44. The highest BCUT2D eigenvalue weighted by atomic mass is 15.0. The summed E-state index contributed by atoms with van der Waals surface area (Å²) in [5.41, 5.74) is 11.1. The average molecular weight is 673 g/mol. The number of hydrogen-bond donors (Lipinski definition) is 0. The van der Waals surface area contributed by atoms with Gasteiger partial charge in [-0.3, -0.25) is 0 Å². The number of aromatic nitrogens is 3.